The molecule has 1 rings (SSSR count). The van der Waals surface area contributed by atoms with Crippen LogP contribution in [-0.2, 0) is 0 Å². The number of hydrogen-bond acceptors (Lipinski definition) is 2. The Labute approximate surface area is 63.2 Å². The zero-order valence-electron chi connectivity index (χ0n) is 5.90. The Morgan fingerprint density at radius 1 is 1.73 bits per heavy atom. The van der Waals surface area contributed by atoms with Gasteiger partial charge in [0.2, 0.25) is 0 Å². The summed E-state index contributed by atoms with van der Waals surface area (Å²) in [6, 6.07) is -0.553. The Kier molecular flexibility index (Phi) is 2.28. The van der Waals surface area contributed by atoms with Crippen molar-refractivity contribution in [3.8, 4) is 0 Å². The summed E-state index contributed by atoms with van der Waals surface area (Å²) in [6.45, 7) is -0.409. The predicted molar refractivity (Wildman–Crippen MR) is 35.1 cm³/mol. The van der Waals surface area contributed by atoms with Gasteiger partial charge >= 0.3 is 6.09 Å². The van der Waals surface area contributed by atoms with Crippen molar-refractivity contribution in [3.63, 3.8) is 0 Å². The lowest BCUT2D eigenvalue weighted by Crippen LogP contribution is -2.36. The first-order valence-electron chi connectivity index (χ1n) is 3.39. The summed E-state index contributed by atoms with van der Waals surface area (Å²) in [5.41, 5.74) is 0. The van der Waals surface area contributed by atoms with Crippen molar-refractivity contribution in [2.45, 2.75) is 18.6 Å². The van der Waals surface area contributed by atoms with E-state index in [2.05, 4.69) is 0 Å². The molecule has 1 aliphatic rings. The first kappa shape index (κ1) is 8.26. The third-order valence-electron chi connectivity index (χ3n) is 1.82. The van der Waals surface area contributed by atoms with Gasteiger partial charge in [0.25, 0.3) is 0 Å². The average Bonchev–Trinajstić information content (AvgIpc) is 2.30. The Bertz CT molecular complexity index is 164. The van der Waals surface area contributed by atoms with Gasteiger partial charge in [0.05, 0.1) is 19.2 Å². The van der Waals surface area contributed by atoms with Crippen molar-refractivity contribution in [2.75, 3.05) is 13.2 Å². The van der Waals surface area contributed by atoms with Gasteiger partial charge in [-0.25, -0.2) is 9.18 Å². The second-order valence-electron chi connectivity index (χ2n) is 2.60. The van der Waals surface area contributed by atoms with Crippen LogP contribution in [0, 0.1) is 0 Å². The fraction of sp³-hybridized carbons (Fsp3) is 0.833. The summed E-state index contributed by atoms with van der Waals surface area (Å²) >= 11 is 0. The molecule has 0 saturated carbocycles. The number of amides is 1. The maximum Gasteiger partial charge on any atom is 0.407 e. The molecule has 11 heavy (non-hydrogen) atoms. The smallest absolute Gasteiger partial charge is 0.407 e. The van der Waals surface area contributed by atoms with Crippen LogP contribution in [-0.4, -0.2) is 46.6 Å². The van der Waals surface area contributed by atoms with Crippen molar-refractivity contribution in [1.29, 1.82) is 0 Å². The van der Waals surface area contributed by atoms with E-state index in [0.717, 1.165) is 4.90 Å². The molecule has 64 valence electrons. The number of alkyl halides is 1. The lowest BCUT2D eigenvalue weighted by atomic mass is 10.2. The van der Waals surface area contributed by atoms with Crippen LogP contribution in [0.3, 0.4) is 0 Å². The second-order valence-corrected chi connectivity index (χ2v) is 2.60. The van der Waals surface area contributed by atoms with Crippen LogP contribution < -0.4 is 0 Å². The van der Waals surface area contributed by atoms with E-state index in [1.54, 1.807) is 0 Å². The van der Waals surface area contributed by atoms with E-state index in [0.29, 0.717) is 0 Å². The van der Waals surface area contributed by atoms with Crippen molar-refractivity contribution in [2.24, 2.45) is 0 Å². The van der Waals surface area contributed by atoms with Crippen LogP contribution in [0.2, 0.25) is 0 Å². The largest absolute Gasteiger partial charge is 0.465 e. The number of nitrogens with zero attached hydrogens (tertiary/aromatic N) is 1. The third kappa shape index (κ3) is 1.59. The number of carbonyl (C=O) groups is 1. The Hall–Kier alpha value is -0.840. The summed E-state index contributed by atoms with van der Waals surface area (Å²) < 4.78 is 12.6. The molecule has 5 heteroatoms. The average molecular weight is 163 g/mol. The third-order valence-corrected chi connectivity index (χ3v) is 1.82. The van der Waals surface area contributed by atoms with E-state index in [1.807, 2.05) is 0 Å². The summed E-state index contributed by atoms with van der Waals surface area (Å²) in [6.07, 6.45) is -2.17. The summed E-state index contributed by atoms with van der Waals surface area (Å²) in [7, 11) is 0. The lowest BCUT2D eigenvalue weighted by Gasteiger charge is -2.17. The molecular formula is C6H10FNO3. The molecule has 0 aromatic carbocycles. The summed E-state index contributed by atoms with van der Waals surface area (Å²) in [5.74, 6) is 0. The summed E-state index contributed by atoms with van der Waals surface area (Å²) in [4.78, 5) is 11.3. The topological polar surface area (TPSA) is 60.8 Å². The van der Waals surface area contributed by atoms with Gasteiger partial charge in [-0.05, 0) is 0 Å². The van der Waals surface area contributed by atoms with Crippen LogP contribution in [0.5, 0.6) is 0 Å². The minimum atomic E-state index is -1.16. The van der Waals surface area contributed by atoms with Gasteiger partial charge in [-0.1, -0.05) is 0 Å². The molecular weight excluding hydrogens is 153 g/mol. The number of rotatable bonds is 1. The van der Waals surface area contributed by atoms with Gasteiger partial charge in [-0.2, -0.15) is 0 Å². The lowest BCUT2D eigenvalue weighted by molar-refractivity contribution is 0.117. The molecule has 0 bridgehead atoms. The van der Waals surface area contributed by atoms with Crippen LogP contribution in [0.15, 0.2) is 0 Å². The van der Waals surface area contributed by atoms with Gasteiger partial charge in [-0.3, -0.25) is 0 Å². The fourth-order valence-corrected chi connectivity index (χ4v) is 1.27. The number of hydrogen-bond donors (Lipinski definition) is 2. The molecule has 0 unspecified atom stereocenters. The normalized spacial score (nSPS) is 30.9. The monoisotopic (exact) mass is 163 g/mol. The van der Waals surface area contributed by atoms with Gasteiger partial charge in [-0.15, -0.1) is 0 Å². The van der Waals surface area contributed by atoms with Crippen LogP contribution in [0.1, 0.15) is 6.42 Å². The molecule has 0 aromatic heterocycles. The highest BCUT2D eigenvalue weighted by atomic mass is 19.1. The van der Waals surface area contributed by atoms with Crippen LogP contribution in [0.4, 0.5) is 9.18 Å². The highest BCUT2D eigenvalue weighted by Gasteiger charge is 2.34. The van der Waals surface area contributed by atoms with Gasteiger partial charge in [0, 0.05) is 6.42 Å². The molecule has 0 spiro atoms. The molecule has 1 heterocycles. The van der Waals surface area contributed by atoms with Crippen molar-refractivity contribution in [1.82, 2.24) is 4.90 Å². The highest BCUT2D eigenvalue weighted by Crippen LogP contribution is 2.19. The van der Waals surface area contributed by atoms with Crippen molar-refractivity contribution in [3.05, 3.63) is 0 Å². The van der Waals surface area contributed by atoms with Gasteiger partial charge in [0.1, 0.15) is 6.17 Å². The molecule has 1 saturated heterocycles. The second kappa shape index (κ2) is 3.04. The number of likely N-dealkylation sites (tertiary alicyclic amines) is 1. The molecule has 0 aliphatic carbocycles. The molecule has 4 nitrogen and oxygen atoms in total. The fourth-order valence-electron chi connectivity index (χ4n) is 1.27. The van der Waals surface area contributed by atoms with Crippen LogP contribution >= 0.6 is 0 Å². The van der Waals surface area contributed by atoms with Crippen LogP contribution in [0.25, 0.3) is 0 Å². The SMILES string of the molecule is O=C(O)N1C[C@@H](F)C[C@H]1CO. The first-order valence-corrected chi connectivity index (χ1v) is 3.39. The summed E-state index contributed by atoms with van der Waals surface area (Å²) in [5, 5.41) is 17.1. The number of aliphatic hydroxyl groups is 1. The Morgan fingerprint density at radius 2 is 2.36 bits per heavy atom. The standard InChI is InChI=1S/C6H10FNO3/c7-4-1-5(3-9)8(2-4)6(10)11/h4-5,9H,1-3H2,(H,10,11)/t4-,5-/m0/s1. The highest BCUT2D eigenvalue weighted by molar-refractivity contribution is 5.66. The van der Waals surface area contributed by atoms with Gasteiger partial charge < -0.3 is 15.1 Å². The molecule has 1 fully saturated rings. The maximum absolute atomic E-state index is 12.6. The predicted octanol–water partition coefficient (Wildman–Crippen LogP) is 0.0691. The number of aliphatic hydroxyl groups excluding tert-OH is 1. The zero-order valence-corrected chi connectivity index (χ0v) is 5.90. The molecule has 1 aliphatic heterocycles. The van der Waals surface area contributed by atoms with E-state index in [9.17, 15) is 9.18 Å². The number of halogens is 1. The minimum absolute atomic E-state index is 0.111. The molecule has 2 N–H and O–H groups in total. The minimum Gasteiger partial charge on any atom is -0.465 e. The first-order chi connectivity index (χ1) is 5.15. The zero-order chi connectivity index (χ0) is 8.43. The maximum atomic E-state index is 12.6. The molecule has 0 radical (unpaired) electrons. The van der Waals surface area contributed by atoms with E-state index in [-0.39, 0.29) is 19.6 Å². The van der Waals surface area contributed by atoms with Crippen molar-refractivity contribution < 1.29 is 19.4 Å². The quantitative estimate of drug-likeness (QED) is 0.575. The Morgan fingerprint density at radius 3 is 2.73 bits per heavy atom. The van der Waals surface area contributed by atoms with E-state index in [4.69, 9.17) is 10.2 Å². The van der Waals surface area contributed by atoms with E-state index in [1.165, 1.54) is 0 Å². The Balaban J connectivity index is 2.57. The van der Waals surface area contributed by atoms with Gasteiger partial charge in [0.15, 0.2) is 0 Å². The number of carboxylic acid groups (broad SMARTS) is 1. The van der Waals surface area contributed by atoms with Crippen molar-refractivity contribution >= 4 is 6.09 Å². The molecule has 0 aromatic rings. The van der Waals surface area contributed by atoms with E-state index < -0.39 is 18.3 Å². The van der Waals surface area contributed by atoms with E-state index >= 15 is 0 Å². The molecule has 1 amide bonds. The molecule has 2 atom stereocenters.